The molecule has 1 saturated heterocycles. The van der Waals surface area contributed by atoms with Crippen LogP contribution in [0.4, 0.5) is 0 Å². The first-order chi connectivity index (χ1) is 6.22. The highest BCUT2D eigenvalue weighted by molar-refractivity contribution is 7.99. The molecule has 0 aromatic carbocycles. The lowest BCUT2D eigenvalue weighted by Gasteiger charge is -2.27. The van der Waals surface area contributed by atoms with Crippen molar-refractivity contribution >= 4 is 23.3 Å². The van der Waals surface area contributed by atoms with E-state index in [1.807, 2.05) is 11.4 Å². The second-order valence-corrected chi connectivity index (χ2v) is 5.08. The normalized spacial score (nSPS) is 30.6. The topological polar surface area (TPSA) is 59.1 Å². The molecule has 5 heteroatoms. The molecule has 0 radical (unpaired) electrons. The predicted molar refractivity (Wildman–Crippen MR) is 55.9 cm³/mol. The monoisotopic (exact) mass is 216 g/mol. The molecule has 3 nitrogen and oxygen atoms in total. The molecular weight excluding hydrogens is 204 g/mol. The summed E-state index contributed by atoms with van der Waals surface area (Å²) in [5.74, 6) is 1.72. The summed E-state index contributed by atoms with van der Waals surface area (Å²) in [6.45, 7) is 0. The molecule has 2 heterocycles. The van der Waals surface area contributed by atoms with Crippen molar-refractivity contribution in [3.63, 3.8) is 0 Å². The van der Waals surface area contributed by atoms with Crippen molar-refractivity contribution < 1.29 is 5.11 Å². The van der Waals surface area contributed by atoms with E-state index in [2.05, 4.69) is 4.37 Å². The number of hydrogen-bond acceptors (Lipinski definition) is 5. The summed E-state index contributed by atoms with van der Waals surface area (Å²) in [5, 5.41) is 12.0. The Bertz CT molecular complexity index is 270. The summed E-state index contributed by atoms with van der Waals surface area (Å²) in [6.07, 6.45) is 0.774. The molecule has 2 atom stereocenters. The van der Waals surface area contributed by atoms with E-state index in [4.69, 9.17) is 5.73 Å². The molecule has 1 fully saturated rings. The Morgan fingerprint density at radius 3 is 3.08 bits per heavy atom. The van der Waals surface area contributed by atoms with Gasteiger partial charge in [-0.05, 0) is 29.8 Å². The molecule has 72 valence electrons. The van der Waals surface area contributed by atoms with E-state index in [1.54, 1.807) is 11.8 Å². The number of rotatable bonds is 2. The van der Waals surface area contributed by atoms with Crippen LogP contribution >= 0.6 is 23.3 Å². The summed E-state index contributed by atoms with van der Waals surface area (Å²) in [4.78, 5) is 0. The lowest BCUT2D eigenvalue weighted by Crippen LogP contribution is -2.41. The van der Waals surface area contributed by atoms with Gasteiger partial charge in [-0.2, -0.15) is 16.1 Å². The van der Waals surface area contributed by atoms with Crippen LogP contribution in [0.15, 0.2) is 11.4 Å². The lowest BCUT2D eigenvalue weighted by atomic mass is 9.92. The van der Waals surface area contributed by atoms with Gasteiger partial charge in [0, 0.05) is 11.1 Å². The van der Waals surface area contributed by atoms with Crippen LogP contribution in [0, 0.1) is 0 Å². The van der Waals surface area contributed by atoms with Crippen molar-refractivity contribution in [2.45, 2.75) is 18.1 Å². The van der Waals surface area contributed by atoms with Crippen molar-refractivity contribution in [3.8, 4) is 0 Å². The Balaban J connectivity index is 2.16. The Morgan fingerprint density at radius 2 is 2.54 bits per heavy atom. The van der Waals surface area contributed by atoms with Crippen molar-refractivity contribution in [3.05, 3.63) is 17.1 Å². The van der Waals surface area contributed by atoms with Crippen molar-refractivity contribution in [2.24, 2.45) is 5.73 Å². The zero-order valence-corrected chi connectivity index (χ0v) is 8.77. The molecular formula is C8H12N2OS2. The standard InChI is InChI=1S/C8H12N2OS2/c9-7(6-1-3-13-10-6)8(11)2-4-12-5-8/h1,3,7,11H,2,4-5,9H2. The average Bonchev–Trinajstić information content (AvgIpc) is 2.73. The average molecular weight is 216 g/mol. The van der Waals surface area contributed by atoms with Crippen LogP contribution in [0.25, 0.3) is 0 Å². The third-order valence-corrected chi connectivity index (χ3v) is 4.16. The van der Waals surface area contributed by atoms with E-state index < -0.39 is 5.60 Å². The second-order valence-electron chi connectivity index (χ2n) is 3.31. The second kappa shape index (κ2) is 3.57. The van der Waals surface area contributed by atoms with E-state index in [0.29, 0.717) is 0 Å². The Labute approximate surface area is 85.5 Å². The molecule has 1 aromatic rings. The zero-order chi connectivity index (χ0) is 9.31. The van der Waals surface area contributed by atoms with Crippen LogP contribution in [-0.4, -0.2) is 26.6 Å². The van der Waals surface area contributed by atoms with E-state index in [0.717, 1.165) is 23.6 Å². The van der Waals surface area contributed by atoms with Gasteiger partial charge in [0.25, 0.3) is 0 Å². The smallest absolute Gasteiger partial charge is 0.0952 e. The molecule has 1 aliphatic rings. The van der Waals surface area contributed by atoms with E-state index in [9.17, 15) is 5.11 Å². The van der Waals surface area contributed by atoms with Crippen LogP contribution in [0.5, 0.6) is 0 Å². The fourth-order valence-electron chi connectivity index (χ4n) is 1.47. The van der Waals surface area contributed by atoms with Gasteiger partial charge in [-0.3, -0.25) is 0 Å². The minimum Gasteiger partial charge on any atom is -0.387 e. The van der Waals surface area contributed by atoms with Gasteiger partial charge in [-0.15, -0.1) is 0 Å². The summed E-state index contributed by atoms with van der Waals surface area (Å²) in [6, 6.07) is 1.56. The first-order valence-electron chi connectivity index (χ1n) is 4.18. The van der Waals surface area contributed by atoms with Gasteiger partial charge in [0.15, 0.2) is 0 Å². The van der Waals surface area contributed by atoms with E-state index in [-0.39, 0.29) is 6.04 Å². The first-order valence-corrected chi connectivity index (χ1v) is 6.17. The highest BCUT2D eigenvalue weighted by atomic mass is 32.2. The Morgan fingerprint density at radius 1 is 1.69 bits per heavy atom. The zero-order valence-electron chi connectivity index (χ0n) is 7.14. The first kappa shape index (κ1) is 9.45. The molecule has 2 unspecified atom stereocenters. The largest absolute Gasteiger partial charge is 0.387 e. The molecule has 2 rings (SSSR count). The van der Waals surface area contributed by atoms with Gasteiger partial charge >= 0.3 is 0 Å². The van der Waals surface area contributed by atoms with Crippen LogP contribution < -0.4 is 5.73 Å². The van der Waals surface area contributed by atoms with Crippen molar-refractivity contribution in [2.75, 3.05) is 11.5 Å². The number of hydrogen-bond donors (Lipinski definition) is 2. The minimum absolute atomic E-state index is 0.325. The highest BCUT2D eigenvalue weighted by Gasteiger charge is 2.39. The van der Waals surface area contributed by atoms with E-state index in [1.165, 1.54) is 11.5 Å². The number of aromatic nitrogens is 1. The van der Waals surface area contributed by atoms with Gasteiger partial charge in [0.05, 0.1) is 17.3 Å². The highest BCUT2D eigenvalue weighted by Crippen LogP contribution is 2.36. The number of thioether (sulfide) groups is 1. The van der Waals surface area contributed by atoms with E-state index >= 15 is 0 Å². The SMILES string of the molecule is NC(c1ccsn1)C1(O)CCSC1. The lowest BCUT2D eigenvalue weighted by molar-refractivity contribution is 0.0390. The van der Waals surface area contributed by atoms with Gasteiger partial charge in [0.2, 0.25) is 0 Å². The van der Waals surface area contributed by atoms with Gasteiger partial charge in [-0.1, -0.05) is 0 Å². The van der Waals surface area contributed by atoms with Crippen LogP contribution in [0.3, 0.4) is 0 Å². The Hall–Kier alpha value is -0.100. The Kier molecular flexibility index (Phi) is 2.60. The quantitative estimate of drug-likeness (QED) is 0.774. The van der Waals surface area contributed by atoms with Gasteiger partial charge in [0.1, 0.15) is 0 Å². The molecule has 0 spiro atoms. The molecule has 0 aliphatic carbocycles. The van der Waals surface area contributed by atoms with Gasteiger partial charge in [-0.25, -0.2) is 0 Å². The predicted octanol–water partition coefficient (Wildman–Crippen LogP) is 1.01. The van der Waals surface area contributed by atoms with Gasteiger partial charge < -0.3 is 10.8 Å². The summed E-state index contributed by atoms with van der Waals surface area (Å²) >= 11 is 3.13. The molecule has 3 N–H and O–H groups in total. The molecule has 0 bridgehead atoms. The number of nitrogens with two attached hydrogens (primary N) is 1. The fraction of sp³-hybridized carbons (Fsp3) is 0.625. The van der Waals surface area contributed by atoms with Crippen molar-refractivity contribution in [1.29, 1.82) is 0 Å². The van der Waals surface area contributed by atoms with Crippen LogP contribution in [-0.2, 0) is 0 Å². The summed E-state index contributed by atoms with van der Waals surface area (Å²) in [5.41, 5.74) is 6.04. The summed E-state index contributed by atoms with van der Waals surface area (Å²) < 4.78 is 4.15. The maximum Gasteiger partial charge on any atom is 0.0952 e. The van der Waals surface area contributed by atoms with Crippen molar-refractivity contribution in [1.82, 2.24) is 4.37 Å². The molecule has 1 aromatic heterocycles. The molecule has 1 aliphatic heterocycles. The van der Waals surface area contributed by atoms with Crippen LogP contribution in [0.1, 0.15) is 18.2 Å². The fourth-order valence-corrected chi connectivity index (χ4v) is 3.35. The summed E-state index contributed by atoms with van der Waals surface area (Å²) in [7, 11) is 0. The number of nitrogens with zero attached hydrogens (tertiary/aromatic N) is 1. The maximum absolute atomic E-state index is 10.2. The third-order valence-electron chi connectivity index (χ3n) is 2.39. The maximum atomic E-state index is 10.2. The van der Waals surface area contributed by atoms with Crippen LogP contribution in [0.2, 0.25) is 0 Å². The minimum atomic E-state index is -0.737. The molecule has 0 saturated carbocycles. The number of aliphatic hydroxyl groups is 1. The third kappa shape index (κ3) is 1.74. The molecule has 0 amide bonds. The molecule has 13 heavy (non-hydrogen) atoms.